The van der Waals surface area contributed by atoms with Crippen LogP contribution in [-0.4, -0.2) is 50.7 Å². The Labute approximate surface area is 123 Å². The van der Waals surface area contributed by atoms with Crippen LogP contribution in [0.25, 0.3) is 11.0 Å². The topological polar surface area (TPSA) is 108 Å². The molecule has 0 spiro atoms. The maximum absolute atomic E-state index is 5.41. The Morgan fingerprint density at radius 1 is 1.33 bits per heavy atom. The molecule has 8 heteroatoms. The van der Waals surface area contributed by atoms with Crippen LogP contribution in [0.5, 0.6) is 0 Å². The number of hydrogen-bond acceptors (Lipinski definition) is 7. The number of likely N-dealkylation sites (tertiary alicyclic amines) is 1. The molecule has 21 heavy (non-hydrogen) atoms. The minimum Gasteiger partial charge on any atom is -0.366 e. The van der Waals surface area contributed by atoms with E-state index in [-0.39, 0.29) is 0 Å². The lowest BCUT2D eigenvalue weighted by Crippen LogP contribution is -2.38. The molecule has 0 radical (unpaired) electrons. The van der Waals surface area contributed by atoms with E-state index in [2.05, 4.69) is 42.7 Å². The van der Waals surface area contributed by atoms with Crippen LogP contribution in [0.3, 0.4) is 0 Å². The molecule has 1 fully saturated rings. The van der Waals surface area contributed by atoms with Crippen molar-refractivity contribution < 1.29 is 0 Å². The lowest BCUT2D eigenvalue weighted by atomic mass is 10.1. The molecule has 2 aromatic rings. The number of fused-ring (bicyclic) bond motifs is 1. The van der Waals surface area contributed by atoms with E-state index in [1.165, 1.54) is 32.4 Å². The Morgan fingerprint density at radius 2 is 2.14 bits per heavy atom. The third-order valence-electron chi connectivity index (χ3n) is 3.80. The van der Waals surface area contributed by atoms with Gasteiger partial charge < -0.3 is 10.2 Å². The van der Waals surface area contributed by atoms with Crippen molar-refractivity contribution in [3.8, 4) is 0 Å². The quantitative estimate of drug-likeness (QED) is 0.479. The Morgan fingerprint density at radius 3 is 2.90 bits per heavy atom. The first-order valence-corrected chi connectivity index (χ1v) is 7.43. The van der Waals surface area contributed by atoms with Crippen molar-refractivity contribution in [3.05, 3.63) is 6.20 Å². The summed E-state index contributed by atoms with van der Waals surface area (Å²) in [6.07, 6.45) is 5.68. The van der Waals surface area contributed by atoms with Gasteiger partial charge in [0.15, 0.2) is 5.65 Å². The fourth-order valence-electron chi connectivity index (χ4n) is 2.82. The Hall–Kier alpha value is -1.93. The summed E-state index contributed by atoms with van der Waals surface area (Å²) in [5.41, 5.74) is 3.16. The molecule has 3 rings (SSSR count). The zero-order chi connectivity index (χ0) is 14.7. The summed E-state index contributed by atoms with van der Waals surface area (Å²) in [6.45, 7) is 5.55. The minimum atomic E-state index is 0.293. The molecule has 5 N–H and O–H groups in total. The summed E-state index contributed by atoms with van der Waals surface area (Å²) in [7, 11) is 0. The zero-order valence-electron chi connectivity index (χ0n) is 12.3. The van der Waals surface area contributed by atoms with E-state index in [1.807, 2.05) is 0 Å². The largest absolute Gasteiger partial charge is 0.366 e. The van der Waals surface area contributed by atoms with Gasteiger partial charge in [-0.3, -0.25) is 10.5 Å². The van der Waals surface area contributed by atoms with Crippen LogP contribution in [0.2, 0.25) is 0 Å². The normalized spacial score (nSPS) is 17.8. The molecule has 8 nitrogen and oxygen atoms in total. The van der Waals surface area contributed by atoms with E-state index in [0.29, 0.717) is 17.6 Å². The van der Waals surface area contributed by atoms with Crippen LogP contribution < -0.4 is 16.6 Å². The van der Waals surface area contributed by atoms with E-state index < -0.39 is 0 Å². The number of rotatable bonds is 5. The molecule has 0 aliphatic carbocycles. The van der Waals surface area contributed by atoms with Gasteiger partial charge in [-0.05, 0) is 32.9 Å². The van der Waals surface area contributed by atoms with Gasteiger partial charge in [-0.1, -0.05) is 6.42 Å². The second-order valence-electron chi connectivity index (χ2n) is 5.58. The molecule has 0 amide bonds. The van der Waals surface area contributed by atoms with Crippen molar-refractivity contribution in [1.82, 2.24) is 25.1 Å². The highest BCUT2D eigenvalue weighted by Crippen LogP contribution is 2.20. The number of hydrogen-bond donors (Lipinski definition) is 4. The van der Waals surface area contributed by atoms with Gasteiger partial charge in [-0.2, -0.15) is 15.1 Å². The summed E-state index contributed by atoms with van der Waals surface area (Å²) >= 11 is 0. The molecule has 1 aliphatic heterocycles. The first-order valence-electron chi connectivity index (χ1n) is 7.43. The Kier molecular flexibility index (Phi) is 4.16. The summed E-state index contributed by atoms with van der Waals surface area (Å²) in [4.78, 5) is 11.1. The summed E-state index contributed by atoms with van der Waals surface area (Å²) in [5, 5.41) is 11.2. The number of nitrogens with zero attached hydrogens (tertiary/aromatic N) is 4. The van der Waals surface area contributed by atoms with Crippen molar-refractivity contribution in [2.45, 2.75) is 32.2 Å². The van der Waals surface area contributed by atoms with Gasteiger partial charge in [-0.15, -0.1) is 0 Å². The predicted molar refractivity (Wildman–Crippen MR) is 82.9 cm³/mol. The number of H-pyrrole nitrogens is 1. The summed E-state index contributed by atoms with van der Waals surface area (Å²) in [5.74, 6) is 6.54. The van der Waals surface area contributed by atoms with Crippen LogP contribution in [0.4, 0.5) is 11.8 Å². The number of nitrogen functional groups attached to an aromatic ring is 1. The molecule has 0 saturated carbocycles. The van der Waals surface area contributed by atoms with Crippen LogP contribution in [0.1, 0.15) is 26.2 Å². The first kappa shape index (κ1) is 14.0. The van der Waals surface area contributed by atoms with Gasteiger partial charge in [0.05, 0.1) is 11.6 Å². The van der Waals surface area contributed by atoms with Crippen molar-refractivity contribution in [2.75, 3.05) is 30.4 Å². The van der Waals surface area contributed by atoms with Crippen molar-refractivity contribution in [3.63, 3.8) is 0 Å². The van der Waals surface area contributed by atoms with E-state index in [9.17, 15) is 0 Å². The van der Waals surface area contributed by atoms with Crippen LogP contribution in [0.15, 0.2) is 6.20 Å². The van der Waals surface area contributed by atoms with Gasteiger partial charge in [-0.25, -0.2) is 5.84 Å². The minimum absolute atomic E-state index is 0.293. The maximum atomic E-state index is 5.41. The monoisotopic (exact) mass is 290 g/mol. The number of aromatic nitrogens is 4. The van der Waals surface area contributed by atoms with E-state index in [0.717, 1.165) is 17.7 Å². The Balaban J connectivity index is 1.72. The smallest absolute Gasteiger partial charge is 0.241 e. The third-order valence-corrected chi connectivity index (χ3v) is 3.80. The second-order valence-corrected chi connectivity index (χ2v) is 5.58. The molecule has 1 saturated heterocycles. The molecule has 0 aromatic carbocycles. The second kappa shape index (κ2) is 6.23. The highest BCUT2D eigenvalue weighted by molar-refractivity contribution is 5.87. The molecular weight excluding hydrogens is 268 g/mol. The van der Waals surface area contributed by atoms with Gasteiger partial charge in [0.1, 0.15) is 5.82 Å². The number of anilines is 2. The van der Waals surface area contributed by atoms with Crippen LogP contribution in [-0.2, 0) is 0 Å². The van der Waals surface area contributed by atoms with Crippen LogP contribution in [0, 0.1) is 0 Å². The summed E-state index contributed by atoms with van der Waals surface area (Å²) < 4.78 is 0. The van der Waals surface area contributed by atoms with Crippen molar-refractivity contribution in [1.29, 1.82) is 0 Å². The van der Waals surface area contributed by atoms with Gasteiger partial charge >= 0.3 is 0 Å². The maximum Gasteiger partial charge on any atom is 0.241 e. The highest BCUT2D eigenvalue weighted by atomic mass is 15.3. The summed E-state index contributed by atoms with van der Waals surface area (Å²) in [6, 6.07) is 0.293. The number of piperidine rings is 1. The number of hydrazine groups is 1. The molecular formula is C13H22N8. The molecule has 114 valence electrons. The number of nitrogens with two attached hydrogens (primary N) is 1. The highest BCUT2D eigenvalue weighted by Gasteiger charge is 2.15. The van der Waals surface area contributed by atoms with E-state index in [4.69, 9.17) is 5.84 Å². The average Bonchev–Trinajstić information content (AvgIpc) is 2.96. The molecule has 1 aliphatic rings. The Bertz CT molecular complexity index is 589. The molecule has 1 unspecified atom stereocenters. The van der Waals surface area contributed by atoms with Gasteiger partial charge in [0, 0.05) is 12.6 Å². The van der Waals surface area contributed by atoms with Crippen molar-refractivity contribution in [2.24, 2.45) is 5.84 Å². The lowest BCUT2D eigenvalue weighted by Gasteiger charge is -2.29. The lowest BCUT2D eigenvalue weighted by molar-refractivity contribution is 0.223. The zero-order valence-corrected chi connectivity index (χ0v) is 12.3. The standard InChI is InChI=1S/C13H22N8/c1-9(8-21-5-3-2-4-6-21)16-11-10-7-15-20-12(10)18-13(17-11)19-14/h7,9H,2-6,8,14H2,1H3,(H3,15,16,17,18,19,20). The fraction of sp³-hybridized carbons (Fsp3) is 0.615. The fourth-order valence-corrected chi connectivity index (χ4v) is 2.82. The first-order chi connectivity index (χ1) is 10.3. The average molecular weight is 290 g/mol. The number of nitrogens with one attached hydrogen (secondary N) is 3. The SMILES string of the molecule is CC(CN1CCCCC1)Nc1nc(NN)nc2[nH]ncc12. The predicted octanol–water partition coefficient (Wildman–Crippen LogP) is 0.925. The van der Waals surface area contributed by atoms with E-state index in [1.54, 1.807) is 6.20 Å². The van der Waals surface area contributed by atoms with Crippen LogP contribution >= 0.6 is 0 Å². The van der Waals surface area contributed by atoms with E-state index >= 15 is 0 Å². The number of aromatic amines is 1. The molecule has 3 heterocycles. The molecule has 0 bridgehead atoms. The third kappa shape index (κ3) is 3.22. The van der Waals surface area contributed by atoms with Gasteiger partial charge in [0.2, 0.25) is 5.95 Å². The molecule has 1 atom stereocenters. The van der Waals surface area contributed by atoms with Gasteiger partial charge in [0.25, 0.3) is 0 Å². The van der Waals surface area contributed by atoms with Crippen molar-refractivity contribution >= 4 is 22.8 Å². The molecule has 2 aromatic heterocycles.